The van der Waals surface area contributed by atoms with E-state index in [0.29, 0.717) is 11.5 Å². The first kappa shape index (κ1) is 19.3. The van der Waals surface area contributed by atoms with Crippen molar-refractivity contribution in [3.63, 3.8) is 0 Å². The third-order valence-electron chi connectivity index (χ3n) is 5.00. The number of anilines is 2. The lowest BCUT2D eigenvalue weighted by Gasteiger charge is -2.33. The standard InChI is InChI=1S/C21H29N5O/c1-5-25-10-12-26(13-11-25)20(27)18-14-23-19(15-22-18)24-17-8-6-16(7-9-17)21(2,3)4/h6-9,14-15H,5,10-13H2,1-4H3,(H,23,24). The Labute approximate surface area is 161 Å². The fourth-order valence-electron chi connectivity index (χ4n) is 3.13. The van der Waals surface area contributed by atoms with Gasteiger partial charge in [-0.2, -0.15) is 0 Å². The molecule has 1 amide bonds. The first-order valence-corrected chi connectivity index (χ1v) is 9.58. The zero-order valence-corrected chi connectivity index (χ0v) is 16.7. The maximum Gasteiger partial charge on any atom is 0.274 e. The van der Waals surface area contributed by atoms with Crippen molar-refractivity contribution < 1.29 is 4.79 Å². The van der Waals surface area contributed by atoms with Crippen molar-refractivity contribution in [2.24, 2.45) is 0 Å². The highest BCUT2D eigenvalue weighted by Crippen LogP contribution is 2.24. The summed E-state index contributed by atoms with van der Waals surface area (Å²) in [5.41, 5.74) is 2.76. The number of nitrogens with one attached hydrogen (secondary N) is 1. The van der Waals surface area contributed by atoms with Crippen LogP contribution >= 0.6 is 0 Å². The van der Waals surface area contributed by atoms with Crippen molar-refractivity contribution in [3.05, 3.63) is 47.9 Å². The van der Waals surface area contributed by atoms with E-state index in [2.05, 4.69) is 60.0 Å². The van der Waals surface area contributed by atoms with E-state index in [1.54, 1.807) is 12.4 Å². The molecular weight excluding hydrogens is 338 g/mol. The number of hydrogen-bond donors (Lipinski definition) is 1. The summed E-state index contributed by atoms with van der Waals surface area (Å²) in [6.45, 7) is 13.1. The van der Waals surface area contributed by atoms with Crippen LogP contribution in [0.4, 0.5) is 11.5 Å². The highest BCUT2D eigenvalue weighted by Gasteiger charge is 2.22. The maximum atomic E-state index is 12.6. The Bertz CT molecular complexity index is 757. The number of aromatic nitrogens is 2. The van der Waals surface area contributed by atoms with Crippen molar-refractivity contribution in [3.8, 4) is 0 Å². The lowest BCUT2D eigenvalue weighted by molar-refractivity contribution is 0.0637. The van der Waals surface area contributed by atoms with Crippen LogP contribution in [0.3, 0.4) is 0 Å². The SMILES string of the molecule is CCN1CCN(C(=O)c2cnc(Nc3ccc(C(C)(C)C)cc3)cn2)CC1. The number of likely N-dealkylation sites (N-methyl/N-ethyl adjacent to an activating group) is 1. The van der Waals surface area contributed by atoms with Crippen LogP contribution in [-0.4, -0.2) is 58.4 Å². The molecule has 1 aliphatic heterocycles. The van der Waals surface area contributed by atoms with Gasteiger partial charge in [-0.1, -0.05) is 39.8 Å². The van der Waals surface area contributed by atoms with Gasteiger partial charge in [0.2, 0.25) is 0 Å². The van der Waals surface area contributed by atoms with Gasteiger partial charge in [0.1, 0.15) is 11.5 Å². The Morgan fingerprint density at radius 2 is 1.70 bits per heavy atom. The molecule has 0 unspecified atom stereocenters. The van der Waals surface area contributed by atoms with Gasteiger partial charge < -0.3 is 15.1 Å². The van der Waals surface area contributed by atoms with Gasteiger partial charge in [0.25, 0.3) is 5.91 Å². The fourth-order valence-corrected chi connectivity index (χ4v) is 3.13. The predicted octanol–water partition coefficient (Wildman–Crippen LogP) is 3.30. The molecule has 0 saturated carbocycles. The Balaban J connectivity index is 1.61. The lowest BCUT2D eigenvalue weighted by Crippen LogP contribution is -2.48. The second-order valence-electron chi connectivity index (χ2n) is 7.97. The number of benzene rings is 1. The van der Waals surface area contributed by atoms with Crippen molar-refractivity contribution in [1.82, 2.24) is 19.8 Å². The van der Waals surface area contributed by atoms with E-state index in [0.717, 1.165) is 38.4 Å². The van der Waals surface area contributed by atoms with Gasteiger partial charge in [-0.25, -0.2) is 9.97 Å². The Morgan fingerprint density at radius 1 is 1.04 bits per heavy atom. The summed E-state index contributed by atoms with van der Waals surface area (Å²) in [5, 5.41) is 3.24. The summed E-state index contributed by atoms with van der Waals surface area (Å²) in [4.78, 5) is 25.5. The van der Waals surface area contributed by atoms with Gasteiger partial charge in [0.05, 0.1) is 12.4 Å². The molecule has 6 nitrogen and oxygen atoms in total. The van der Waals surface area contributed by atoms with Gasteiger partial charge in [-0.3, -0.25) is 4.79 Å². The average molecular weight is 367 g/mol. The summed E-state index contributed by atoms with van der Waals surface area (Å²) in [7, 11) is 0. The molecule has 1 aromatic carbocycles. The number of hydrogen-bond acceptors (Lipinski definition) is 5. The van der Waals surface area contributed by atoms with Crippen molar-refractivity contribution in [2.75, 3.05) is 38.0 Å². The molecule has 0 radical (unpaired) electrons. The molecule has 1 saturated heterocycles. The van der Waals surface area contributed by atoms with Gasteiger partial charge in [0, 0.05) is 31.9 Å². The van der Waals surface area contributed by atoms with Crippen LogP contribution < -0.4 is 5.32 Å². The number of carbonyl (C=O) groups is 1. The van der Waals surface area contributed by atoms with Crippen LogP contribution in [0.15, 0.2) is 36.7 Å². The Morgan fingerprint density at radius 3 is 2.22 bits per heavy atom. The van der Waals surface area contributed by atoms with E-state index >= 15 is 0 Å². The van der Waals surface area contributed by atoms with E-state index in [-0.39, 0.29) is 11.3 Å². The highest BCUT2D eigenvalue weighted by atomic mass is 16.2. The van der Waals surface area contributed by atoms with E-state index in [1.807, 2.05) is 17.0 Å². The van der Waals surface area contributed by atoms with E-state index in [1.165, 1.54) is 5.56 Å². The Kier molecular flexibility index (Phi) is 5.75. The van der Waals surface area contributed by atoms with Crippen LogP contribution in [0.1, 0.15) is 43.7 Å². The quantitative estimate of drug-likeness (QED) is 0.898. The molecule has 1 aliphatic rings. The van der Waals surface area contributed by atoms with Crippen molar-refractivity contribution in [2.45, 2.75) is 33.1 Å². The molecule has 144 valence electrons. The average Bonchev–Trinajstić information content (AvgIpc) is 2.68. The molecule has 3 rings (SSSR count). The predicted molar refractivity (Wildman–Crippen MR) is 108 cm³/mol. The van der Waals surface area contributed by atoms with Crippen LogP contribution in [0.2, 0.25) is 0 Å². The van der Waals surface area contributed by atoms with Gasteiger partial charge in [0.15, 0.2) is 0 Å². The summed E-state index contributed by atoms with van der Waals surface area (Å²) >= 11 is 0. The molecule has 0 atom stereocenters. The first-order chi connectivity index (χ1) is 12.9. The molecule has 1 aromatic heterocycles. The molecule has 1 N–H and O–H groups in total. The minimum absolute atomic E-state index is 0.0423. The smallest absolute Gasteiger partial charge is 0.274 e. The number of nitrogens with zero attached hydrogens (tertiary/aromatic N) is 4. The number of amides is 1. The van der Waals surface area contributed by atoms with Crippen LogP contribution in [-0.2, 0) is 5.41 Å². The van der Waals surface area contributed by atoms with Crippen LogP contribution in [0, 0.1) is 0 Å². The second kappa shape index (κ2) is 8.05. The third-order valence-corrected chi connectivity index (χ3v) is 5.00. The molecule has 1 fully saturated rings. The first-order valence-electron chi connectivity index (χ1n) is 9.58. The van der Waals surface area contributed by atoms with Gasteiger partial charge in [-0.05, 0) is 29.7 Å². The van der Waals surface area contributed by atoms with Crippen LogP contribution in [0.25, 0.3) is 0 Å². The minimum atomic E-state index is -0.0423. The molecule has 0 spiro atoms. The molecule has 2 aromatic rings. The number of rotatable bonds is 4. The van der Waals surface area contributed by atoms with Crippen molar-refractivity contribution >= 4 is 17.4 Å². The lowest BCUT2D eigenvalue weighted by atomic mass is 9.87. The summed E-state index contributed by atoms with van der Waals surface area (Å²) < 4.78 is 0. The maximum absolute atomic E-state index is 12.6. The molecule has 27 heavy (non-hydrogen) atoms. The number of piperazine rings is 1. The Hall–Kier alpha value is -2.47. The summed E-state index contributed by atoms with van der Waals surface area (Å²) in [5.74, 6) is 0.588. The van der Waals surface area contributed by atoms with Crippen LogP contribution in [0.5, 0.6) is 0 Å². The zero-order chi connectivity index (χ0) is 19.4. The molecule has 2 heterocycles. The number of carbonyl (C=O) groups excluding carboxylic acids is 1. The highest BCUT2D eigenvalue weighted by molar-refractivity contribution is 5.92. The van der Waals surface area contributed by atoms with E-state index < -0.39 is 0 Å². The van der Waals surface area contributed by atoms with E-state index in [9.17, 15) is 4.79 Å². The molecular formula is C21H29N5O. The normalized spacial score (nSPS) is 15.6. The van der Waals surface area contributed by atoms with Crippen molar-refractivity contribution in [1.29, 1.82) is 0 Å². The molecule has 0 aliphatic carbocycles. The van der Waals surface area contributed by atoms with Gasteiger partial charge >= 0.3 is 0 Å². The monoisotopic (exact) mass is 367 g/mol. The zero-order valence-electron chi connectivity index (χ0n) is 16.7. The fraction of sp³-hybridized carbons (Fsp3) is 0.476. The minimum Gasteiger partial charge on any atom is -0.339 e. The molecule has 0 bridgehead atoms. The van der Waals surface area contributed by atoms with Gasteiger partial charge in [-0.15, -0.1) is 0 Å². The molecule has 6 heteroatoms. The second-order valence-corrected chi connectivity index (χ2v) is 7.97. The summed E-state index contributed by atoms with van der Waals surface area (Å²) in [6, 6.07) is 8.30. The largest absolute Gasteiger partial charge is 0.339 e. The topological polar surface area (TPSA) is 61.4 Å². The van der Waals surface area contributed by atoms with E-state index in [4.69, 9.17) is 0 Å². The third kappa shape index (κ3) is 4.83. The summed E-state index contributed by atoms with van der Waals surface area (Å²) in [6.07, 6.45) is 3.17.